The van der Waals surface area contributed by atoms with Crippen LogP contribution >= 0.6 is 11.3 Å². The number of thiazole rings is 1. The molecule has 0 saturated heterocycles. The smallest absolute Gasteiger partial charge is 0.266 e. The van der Waals surface area contributed by atoms with Gasteiger partial charge in [0.05, 0.1) is 6.20 Å². The largest absolute Gasteiger partial charge is 0.320 e. The first-order valence-corrected chi connectivity index (χ1v) is 8.07. The molecule has 0 fully saturated rings. The topological polar surface area (TPSA) is 88.9 Å². The van der Waals surface area contributed by atoms with E-state index in [-0.39, 0.29) is 4.90 Å². The molecule has 0 aliphatic carbocycles. The highest BCUT2D eigenvalue weighted by Crippen LogP contribution is 2.17. The number of anilines is 1. The van der Waals surface area contributed by atoms with Crippen LogP contribution in [0.1, 0.15) is 6.42 Å². The summed E-state index contributed by atoms with van der Waals surface area (Å²) in [6.45, 7) is 1.53. The Morgan fingerprint density at radius 1 is 1.47 bits per heavy atom. The van der Waals surface area contributed by atoms with Crippen molar-refractivity contribution < 1.29 is 8.42 Å². The maximum atomic E-state index is 12.0. The first-order chi connectivity index (χ1) is 9.12. The van der Waals surface area contributed by atoms with Crippen molar-refractivity contribution >= 4 is 26.5 Å². The number of hydrogen-bond acceptors (Lipinski definition) is 6. The Morgan fingerprint density at radius 2 is 2.32 bits per heavy atom. The molecule has 0 atom stereocenters. The predicted molar refractivity (Wildman–Crippen MR) is 73.7 cm³/mol. The Bertz CT molecular complexity index is 606. The first kappa shape index (κ1) is 14.0. The van der Waals surface area contributed by atoms with E-state index in [0.717, 1.165) is 13.0 Å². The summed E-state index contributed by atoms with van der Waals surface area (Å²) in [5, 5.41) is 9.12. The lowest BCUT2D eigenvalue weighted by Crippen LogP contribution is -2.12. The van der Waals surface area contributed by atoms with Gasteiger partial charge in [-0.15, -0.1) is 11.3 Å². The van der Waals surface area contributed by atoms with Crippen molar-refractivity contribution in [3.05, 3.63) is 24.0 Å². The summed E-state index contributed by atoms with van der Waals surface area (Å²) < 4.78 is 28.1. The van der Waals surface area contributed by atoms with Crippen LogP contribution in [0.2, 0.25) is 0 Å². The Hall–Kier alpha value is -1.45. The summed E-state index contributed by atoms with van der Waals surface area (Å²) in [5.41, 5.74) is 0. The van der Waals surface area contributed by atoms with Gasteiger partial charge in [0.25, 0.3) is 10.0 Å². The number of aryl methyl sites for hydroxylation is 1. The van der Waals surface area contributed by atoms with E-state index in [1.165, 1.54) is 23.7 Å². The first-order valence-electron chi connectivity index (χ1n) is 5.71. The monoisotopic (exact) mass is 301 g/mol. The van der Waals surface area contributed by atoms with Gasteiger partial charge in [-0.25, -0.2) is 13.4 Å². The second-order valence-corrected chi connectivity index (χ2v) is 6.42. The van der Waals surface area contributed by atoms with E-state index in [2.05, 4.69) is 20.1 Å². The van der Waals surface area contributed by atoms with Crippen LogP contribution in [0.15, 0.2) is 28.9 Å². The van der Waals surface area contributed by atoms with Gasteiger partial charge in [0.1, 0.15) is 4.90 Å². The average molecular weight is 301 g/mol. The average Bonchev–Trinajstić information content (AvgIpc) is 3.00. The van der Waals surface area contributed by atoms with Gasteiger partial charge < -0.3 is 5.32 Å². The van der Waals surface area contributed by atoms with Crippen molar-refractivity contribution in [3.8, 4) is 0 Å². The third kappa shape index (κ3) is 3.75. The third-order valence-corrected chi connectivity index (χ3v) is 4.50. The van der Waals surface area contributed by atoms with Gasteiger partial charge in [-0.05, 0) is 20.0 Å². The van der Waals surface area contributed by atoms with E-state index in [1.807, 2.05) is 7.05 Å². The molecule has 0 unspecified atom stereocenters. The minimum atomic E-state index is -3.59. The zero-order chi connectivity index (χ0) is 13.7. The number of nitrogens with zero attached hydrogens (tertiary/aromatic N) is 3. The summed E-state index contributed by atoms with van der Waals surface area (Å²) in [7, 11) is -1.72. The lowest BCUT2D eigenvalue weighted by atomic mass is 10.4. The molecule has 104 valence electrons. The van der Waals surface area contributed by atoms with Crippen LogP contribution in [0.4, 0.5) is 5.13 Å². The zero-order valence-corrected chi connectivity index (χ0v) is 12.0. The van der Waals surface area contributed by atoms with Crippen LogP contribution in [0, 0.1) is 0 Å². The number of sulfonamides is 1. The quantitative estimate of drug-likeness (QED) is 0.737. The van der Waals surface area contributed by atoms with Crippen LogP contribution in [-0.2, 0) is 16.6 Å². The second kappa shape index (κ2) is 6.13. The summed E-state index contributed by atoms with van der Waals surface area (Å²) in [4.78, 5) is 4.03. The summed E-state index contributed by atoms with van der Waals surface area (Å²) >= 11 is 1.23. The molecule has 0 saturated carbocycles. The summed E-state index contributed by atoms with van der Waals surface area (Å²) in [5.74, 6) is 0. The Labute approximate surface area is 115 Å². The van der Waals surface area contributed by atoms with Crippen molar-refractivity contribution in [2.75, 3.05) is 18.3 Å². The highest BCUT2D eigenvalue weighted by atomic mass is 32.2. The van der Waals surface area contributed by atoms with Crippen molar-refractivity contribution in [1.82, 2.24) is 20.1 Å². The van der Waals surface area contributed by atoms with Gasteiger partial charge in [-0.3, -0.25) is 9.40 Å². The fraction of sp³-hybridized carbons (Fsp3) is 0.400. The minimum absolute atomic E-state index is 0.146. The van der Waals surface area contributed by atoms with Gasteiger partial charge >= 0.3 is 0 Å². The van der Waals surface area contributed by atoms with Gasteiger partial charge in [0.2, 0.25) is 0 Å². The lowest BCUT2D eigenvalue weighted by molar-refractivity contribution is 0.561. The lowest BCUT2D eigenvalue weighted by Gasteiger charge is -2.02. The molecule has 0 aliphatic rings. The van der Waals surface area contributed by atoms with Crippen molar-refractivity contribution in [3.63, 3.8) is 0 Å². The Morgan fingerprint density at radius 3 is 3.00 bits per heavy atom. The molecule has 0 bridgehead atoms. The van der Waals surface area contributed by atoms with Gasteiger partial charge in [0, 0.05) is 24.3 Å². The van der Waals surface area contributed by atoms with E-state index in [4.69, 9.17) is 0 Å². The molecule has 0 aliphatic heterocycles. The van der Waals surface area contributed by atoms with Crippen LogP contribution in [0.25, 0.3) is 0 Å². The molecule has 19 heavy (non-hydrogen) atoms. The molecule has 0 radical (unpaired) electrons. The van der Waals surface area contributed by atoms with Gasteiger partial charge in [0.15, 0.2) is 5.13 Å². The van der Waals surface area contributed by atoms with Gasteiger partial charge in [-0.2, -0.15) is 5.10 Å². The molecule has 7 nitrogen and oxygen atoms in total. The molecular formula is C10H15N5O2S2. The molecule has 2 N–H and O–H groups in total. The zero-order valence-electron chi connectivity index (χ0n) is 10.4. The normalized spacial score (nSPS) is 11.6. The highest BCUT2D eigenvalue weighted by Gasteiger charge is 2.17. The summed E-state index contributed by atoms with van der Waals surface area (Å²) in [6.07, 6.45) is 5.29. The molecule has 2 aromatic rings. The fourth-order valence-corrected chi connectivity index (χ4v) is 3.21. The van der Waals surface area contributed by atoms with E-state index >= 15 is 0 Å². The number of nitrogens with one attached hydrogen (secondary N) is 2. The Kier molecular flexibility index (Phi) is 4.51. The number of rotatable bonds is 7. The third-order valence-electron chi connectivity index (χ3n) is 2.39. The maximum absolute atomic E-state index is 12.0. The minimum Gasteiger partial charge on any atom is -0.320 e. The standard InChI is InChI=1S/C10H15N5O2S2/c1-11-3-2-5-15-8-9(7-13-15)19(16,17)14-10-12-4-6-18-10/h4,6-8,11H,2-3,5H2,1H3,(H,12,14). The molecule has 0 spiro atoms. The van der Waals surface area contributed by atoms with Gasteiger partial charge in [-0.1, -0.05) is 0 Å². The molecule has 2 aromatic heterocycles. The van der Waals surface area contributed by atoms with Crippen LogP contribution < -0.4 is 10.0 Å². The molecule has 9 heteroatoms. The van der Waals surface area contributed by atoms with Crippen LogP contribution in [0.3, 0.4) is 0 Å². The van der Waals surface area contributed by atoms with E-state index in [9.17, 15) is 8.42 Å². The van der Waals surface area contributed by atoms with E-state index in [1.54, 1.807) is 16.3 Å². The van der Waals surface area contributed by atoms with Crippen LogP contribution in [0.5, 0.6) is 0 Å². The summed E-state index contributed by atoms with van der Waals surface area (Å²) in [6, 6.07) is 0. The van der Waals surface area contributed by atoms with Crippen molar-refractivity contribution in [2.24, 2.45) is 0 Å². The molecular weight excluding hydrogens is 286 g/mol. The predicted octanol–water partition coefficient (Wildman–Crippen LogP) is 0.750. The fourth-order valence-electron chi connectivity index (χ4n) is 1.47. The van der Waals surface area contributed by atoms with E-state index < -0.39 is 10.0 Å². The second-order valence-electron chi connectivity index (χ2n) is 3.84. The van der Waals surface area contributed by atoms with Crippen molar-refractivity contribution in [1.29, 1.82) is 0 Å². The SMILES string of the molecule is CNCCCn1cc(S(=O)(=O)Nc2nccs2)cn1. The highest BCUT2D eigenvalue weighted by molar-refractivity contribution is 7.93. The Balaban J connectivity index is 2.04. The molecule has 0 aromatic carbocycles. The van der Waals surface area contributed by atoms with Crippen LogP contribution in [-0.4, -0.2) is 36.8 Å². The molecule has 2 heterocycles. The number of aromatic nitrogens is 3. The molecule has 2 rings (SSSR count). The van der Waals surface area contributed by atoms with Crippen molar-refractivity contribution in [2.45, 2.75) is 17.9 Å². The molecule has 0 amide bonds. The number of hydrogen-bond donors (Lipinski definition) is 2. The van der Waals surface area contributed by atoms with E-state index in [0.29, 0.717) is 11.7 Å². The maximum Gasteiger partial charge on any atom is 0.266 e.